The average Bonchev–Trinajstić information content (AvgIpc) is 2.90. The first-order valence-corrected chi connectivity index (χ1v) is 9.42. The van der Waals surface area contributed by atoms with Crippen molar-refractivity contribution in [3.63, 3.8) is 0 Å². The third-order valence-corrected chi connectivity index (χ3v) is 4.74. The first kappa shape index (κ1) is 20.3. The molecule has 9 heteroatoms. The molecule has 0 aliphatic carbocycles. The van der Waals surface area contributed by atoms with E-state index in [1.807, 2.05) is 6.92 Å². The summed E-state index contributed by atoms with van der Waals surface area (Å²) >= 11 is 17.9. The summed E-state index contributed by atoms with van der Waals surface area (Å²) in [5.74, 6) is 0.494. The Morgan fingerprint density at radius 3 is 2.39 bits per heavy atom. The predicted octanol–water partition coefficient (Wildman–Crippen LogP) is 6.14. The molecule has 1 aromatic heterocycles. The number of hydrogen-bond acceptors (Lipinski definition) is 3. The van der Waals surface area contributed by atoms with E-state index in [0.717, 1.165) is 5.69 Å². The SMILES string of the molecule is Cc1nn(COc2ccc(Cl)cc2Cl)c(C)c1NC(=O)Nc1ccc(Cl)cc1. The van der Waals surface area contributed by atoms with Gasteiger partial charge >= 0.3 is 6.03 Å². The number of amides is 2. The molecule has 0 aliphatic rings. The third kappa shape index (κ3) is 4.90. The lowest BCUT2D eigenvalue weighted by atomic mass is 10.3. The number of carbonyl (C=O) groups is 1. The molecule has 0 fully saturated rings. The highest BCUT2D eigenvalue weighted by Crippen LogP contribution is 2.28. The summed E-state index contributed by atoms with van der Waals surface area (Å²) < 4.78 is 7.34. The fourth-order valence-electron chi connectivity index (χ4n) is 2.54. The molecule has 0 spiro atoms. The first-order valence-electron chi connectivity index (χ1n) is 8.29. The number of anilines is 2. The highest BCUT2D eigenvalue weighted by molar-refractivity contribution is 6.35. The number of aromatic nitrogens is 2. The van der Waals surface area contributed by atoms with Gasteiger partial charge in [0.1, 0.15) is 5.75 Å². The Kier molecular flexibility index (Phi) is 6.34. The molecule has 2 N–H and O–H groups in total. The van der Waals surface area contributed by atoms with Crippen molar-refractivity contribution in [2.75, 3.05) is 10.6 Å². The van der Waals surface area contributed by atoms with Crippen LogP contribution in [-0.2, 0) is 6.73 Å². The number of carbonyl (C=O) groups excluding carboxylic acids is 1. The standard InChI is InChI=1S/C19H17Cl3N4O2/c1-11-18(24-19(27)23-15-6-3-13(20)4-7-15)12(2)26(25-11)10-28-17-8-5-14(21)9-16(17)22/h3-9H,10H2,1-2H3,(H2,23,24,27). The Morgan fingerprint density at radius 1 is 1.04 bits per heavy atom. The van der Waals surface area contributed by atoms with Crippen LogP contribution in [0.15, 0.2) is 42.5 Å². The van der Waals surface area contributed by atoms with Crippen molar-refractivity contribution < 1.29 is 9.53 Å². The molecule has 0 atom stereocenters. The second kappa shape index (κ2) is 8.73. The third-order valence-electron chi connectivity index (χ3n) is 3.96. The van der Waals surface area contributed by atoms with E-state index in [-0.39, 0.29) is 12.8 Å². The number of benzene rings is 2. The molecule has 2 aromatic carbocycles. The summed E-state index contributed by atoms with van der Waals surface area (Å²) in [5.41, 5.74) is 2.64. The molecule has 146 valence electrons. The molecule has 0 unspecified atom stereocenters. The summed E-state index contributed by atoms with van der Waals surface area (Å²) in [7, 11) is 0. The topological polar surface area (TPSA) is 68.2 Å². The van der Waals surface area contributed by atoms with E-state index in [9.17, 15) is 4.79 Å². The van der Waals surface area contributed by atoms with Crippen molar-refractivity contribution in [2.45, 2.75) is 20.6 Å². The van der Waals surface area contributed by atoms with E-state index in [2.05, 4.69) is 15.7 Å². The minimum absolute atomic E-state index is 0.133. The number of nitrogens with zero attached hydrogens (tertiary/aromatic N) is 2. The van der Waals surface area contributed by atoms with Gasteiger partial charge in [-0.15, -0.1) is 0 Å². The van der Waals surface area contributed by atoms with Gasteiger partial charge in [-0.25, -0.2) is 9.48 Å². The maximum atomic E-state index is 12.3. The van der Waals surface area contributed by atoms with Crippen molar-refractivity contribution in [1.29, 1.82) is 0 Å². The number of ether oxygens (including phenoxy) is 1. The average molecular weight is 440 g/mol. The molecule has 1 heterocycles. The Hall–Kier alpha value is -2.41. The van der Waals surface area contributed by atoms with Gasteiger partial charge in [0.25, 0.3) is 0 Å². The molecule has 28 heavy (non-hydrogen) atoms. The van der Waals surface area contributed by atoms with Crippen LogP contribution in [0.25, 0.3) is 0 Å². The molecule has 0 saturated carbocycles. The van der Waals surface area contributed by atoms with E-state index in [1.165, 1.54) is 0 Å². The Balaban J connectivity index is 1.67. The van der Waals surface area contributed by atoms with Gasteiger partial charge < -0.3 is 15.4 Å². The van der Waals surface area contributed by atoms with Crippen LogP contribution >= 0.6 is 34.8 Å². The first-order chi connectivity index (χ1) is 13.3. The van der Waals surface area contributed by atoms with Crippen LogP contribution in [-0.4, -0.2) is 15.8 Å². The quantitative estimate of drug-likeness (QED) is 0.501. The maximum absolute atomic E-state index is 12.3. The lowest BCUT2D eigenvalue weighted by Gasteiger charge is -2.10. The summed E-state index contributed by atoms with van der Waals surface area (Å²) in [6.07, 6.45) is 0. The Morgan fingerprint density at radius 2 is 1.71 bits per heavy atom. The molecule has 0 saturated heterocycles. The van der Waals surface area contributed by atoms with Crippen LogP contribution in [0.5, 0.6) is 5.75 Å². The highest BCUT2D eigenvalue weighted by atomic mass is 35.5. The largest absolute Gasteiger partial charge is 0.470 e. The molecular formula is C19H17Cl3N4O2. The van der Waals surface area contributed by atoms with Gasteiger partial charge in [-0.3, -0.25) is 0 Å². The van der Waals surface area contributed by atoms with E-state index in [1.54, 1.807) is 54.1 Å². The molecule has 0 bridgehead atoms. The monoisotopic (exact) mass is 438 g/mol. The number of rotatable bonds is 5. The van der Waals surface area contributed by atoms with Crippen molar-refractivity contribution in [1.82, 2.24) is 9.78 Å². The lowest BCUT2D eigenvalue weighted by Crippen LogP contribution is -2.20. The summed E-state index contributed by atoms with van der Waals surface area (Å²) in [4.78, 5) is 12.3. The van der Waals surface area contributed by atoms with E-state index in [0.29, 0.717) is 37.9 Å². The van der Waals surface area contributed by atoms with Crippen LogP contribution in [0.2, 0.25) is 15.1 Å². The van der Waals surface area contributed by atoms with E-state index < -0.39 is 0 Å². The second-order valence-corrected chi connectivity index (χ2v) is 7.26. The zero-order valence-corrected chi connectivity index (χ0v) is 17.4. The van der Waals surface area contributed by atoms with Gasteiger partial charge in [-0.05, 0) is 56.3 Å². The van der Waals surface area contributed by atoms with Crippen LogP contribution in [0.4, 0.5) is 16.2 Å². The summed E-state index contributed by atoms with van der Waals surface area (Å²) in [6, 6.07) is 11.4. The molecule has 0 radical (unpaired) electrons. The van der Waals surface area contributed by atoms with E-state index in [4.69, 9.17) is 39.5 Å². The van der Waals surface area contributed by atoms with Crippen LogP contribution in [0.3, 0.4) is 0 Å². The number of halogens is 3. The maximum Gasteiger partial charge on any atom is 0.323 e. The number of urea groups is 1. The second-order valence-electron chi connectivity index (χ2n) is 5.98. The zero-order valence-electron chi connectivity index (χ0n) is 15.1. The molecule has 3 aromatic rings. The van der Waals surface area contributed by atoms with Gasteiger partial charge in [0.15, 0.2) is 6.73 Å². The highest BCUT2D eigenvalue weighted by Gasteiger charge is 2.15. The van der Waals surface area contributed by atoms with E-state index >= 15 is 0 Å². The van der Waals surface area contributed by atoms with Crippen LogP contribution < -0.4 is 15.4 Å². The van der Waals surface area contributed by atoms with Crippen molar-refractivity contribution in [2.24, 2.45) is 0 Å². The van der Waals surface area contributed by atoms with Crippen molar-refractivity contribution in [3.8, 4) is 5.75 Å². The molecule has 3 rings (SSSR count). The normalized spacial score (nSPS) is 10.6. The zero-order chi connectivity index (χ0) is 20.3. The number of aryl methyl sites for hydroxylation is 1. The summed E-state index contributed by atoms with van der Waals surface area (Å²) in [6.45, 7) is 3.77. The minimum Gasteiger partial charge on any atom is -0.470 e. The van der Waals surface area contributed by atoms with Crippen molar-refractivity contribution >= 4 is 52.2 Å². The smallest absolute Gasteiger partial charge is 0.323 e. The van der Waals surface area contributed by atoms with Gasteiger partial charge in [0, 0.05) is 15.7 Å². The van der Waals surface area contributed by atoms with Crippen LogP contribution in [0, 0.1) is 13.8 Å². The Bertz CT molecular complexity index is 1000. The predicted molar refractivity (Wildman–Crippen MR) is 113 cm³/mol. The minimum atomic E-state index is -0.380. The Labute approximate surface area is 177 Å². The number of hydrogen-bond donors (Lipinski definition) is 2. The van der Waals surface area contributed by atoms with Gasteiger partial charge in [0.2, 0.25) is 0 Å². The fourth-order valence-corrected chi connectivity index (χ4v) is 3.12. The van der Waals surface area contributed by atoms with Crippen LogP contribution in [0.1, 0.15) is 11.4 Å². The van der Waals surface area contributed by atoms with Gasteiger partial charge in [-0.2, -0.15) is 5.10 Å². The fraction of sp³-hybridized carbons (Fsp3) is 0.158. The molecular weight excluding hydrogens is 423 g/mol. The molecule has 6 nitrogen and oxygen atoms in total. The molecule has 2 amide bonds. The molecule has 0 aliphatic heterocycles. The van der Waals surface area contributed by atoms with Gasteiger partial charge in [0.05, 0.1) is 22.1 Å². The van der Waals surface area contributed by atoms with Gasteiger partial charge in [-0.1, -0.05) is 34.8 Å². The summed E-state index contributed by atoms with van der Waals surface area (Å²) in [5, 5.41) is 11.5. The number of nitrogens with one attached hydrogen (secondary N) is 2. The van der Waals surface area contributed by atoms with Crippen molar-refractivity contribution in [3.05, 3.63) is 68.9 Å². The lowest BCUT2D eigenvalue weighted by molar-refractivity contribution is 0.218.